The van der Waals surface area contributed by atoms with Crippen LogP contribution in [0.5, 0.6) is 17.2 Å². The highest BCUT2D eigenvalue weighted by Crippen LogP contribution is 2.37. The van der Waals surface area contributed by atoms with Gasteiger partial charge in [-0.15, -0.1) is 0 Å². The Balaban J connectivity index is 0.000000190. The molecule has 0 saturated heterocycles. The van der Waals surface area contributed by atoms with Crippen molar-refractivity contribution in [3.8, 4) is 28.4 Å². The summed E-state index contributed by atoms with van der Waals surface area (Å²) in [7, 11) is -2.54. The lowest BCUT2D eigenvalue weighted by atomic mass is 10.1. The predicted molar refractivity (Wildman–Crippen MR) is 108 cm³/mol. The first-order valence-electron chi connectivity index (χ1n) is 7.25. The molecule has 0 heterocycles. The molecular formula is C18H14Cl3O4P. The molecule has 1 unspecified atom stereocenters. The molecule has 3 aromatic rings. The fraction of sp³-hybridized carbons (Fsp3) is 0. The molecule has 0 spiro atoms. The summed E-state index contributed by atoms with van der Waals surface area (Å²) in [6, 6.07) is 16.6. The highest BCUT2D eigenvalue weighted by molar-refractivity contribution is 7.80. The van der Waals surface area contributed by atoms with Gasteiger partial charge in [-0.1, -0.05) is 58.7 Å². The van der Waals surface area contributed by atoms with Crippen LogP contribution in [0.25, 0.3) is 11.1 Å². The number of hydrogen-bond donors (Lipinski definition) is 3. The molecule has 0 aliphatic heterocycles. The molecular weight excluding hydrogens is 418 g/mol. The van der Waals surface area contributed by atoms with Crippen LogP contribution in [-0.4, -0.2) is 15.3 Å². The Morgan fingerprint density at radius 2 is 1.12 bits per heavy atom. The molecule has 0 bridgehead atoms. The van der Waals surface area contributed by atoms with Crippen LogP contribution in [-0.2, 0) is 4.57 Å². The Labute approximate surface area is 165 Å². The Morgan fingerprint density at radius 3 is 1.46 bits per heavy atom. The SMILES string of the molecule is O=[PH](Cl)c1c(O)ccc(Cl)c1Cl.Oc1ccc(-c2ccc(O)cc2)cc1. The minimum atomic E-state index is -2.54. The van der Waals surface area contributed by atoms with Gasteiger partial charge >= 0.3 is 0 Å². The monoisotopic (exact) mass is 430 g/mol. The molecule has 3 aromatic carbocycles. The van der Waals surface area contributed by atoms with Gasteiger partial charge in [0.05, 0.1) is 15.3 Å². The van der Waals surface area contributed by atoms with Crippen molar-refractivity contribution in [3.05, 3.63) is 70.7 Å². The van der Waals surface area contributed by atoms with E-state index in [1.54, 1.807) is 24.3 Å². The highest BCUT2D eigenvalue weighted by atomic mass is 35.7. The third-order valence-electron chi connectivity index (χ3n) is 3.34. The van der Waals surface area contributed by atoms with E-state index in [0.29, 0.717) is 0 Å². The van der Waals surface area contributed by atoms with Crippen LogP contribution in [0.2, 0.25) is 10.0 Å². The molecule has 0 aromatic heterocycles. The van der Waals surface area contributed by atoms with Crippen molar-refractivity contribution in [2.75, 3.05) is 0 Å². The van der Waals surface area contributed by atoms with E-state index in [-0.39, 0.29) is 32.6 Å². The summed E-state index contributed by atoms with van der Waals surface area (Å²) in [5.41, 5.74) is 2.03. The summed E-state index contributed by atoms with van der Waals surface area (Å²) in [5.74, 6) is 0.323. The topological polar surface area (TPSA) is 77.8 Å². The summed E-state index contributed by atoms with van der Waals surface area (Å²) in [5, 5.41) is 27.7. The van der Waals surface area contributed by atoms with Crippen LogP contribution in [0.1, 0.15) is 0 Å². The number of aromatic hydroxyl groups is 3. The van der Waals surface area contributed by atoms with Gasteiger partial charge in [-0.3, -0.25) is 0 Å². The quantitative estimate of drug-likeness (QED) is 0.448. The van der Waals surface area contributed by atoms with Crippen molar-refractivity contribution in [2.24, 2.45) is 0 Å². The maximum atomic E-state index is 10.9. The number of hydrogen-bond acceptors (Lipinski definition) is 4. The van der Waals surface area contributed by atoms with Crippen LogP contribution < -0.4 is 5.30 Å². The Morgan fingerprint density at radius 1 is 0.692 bits per heavy atom. The van der Waals surface area contributed by atoms with E-state index in [2.05, 4.69) is 0 Å². The standard InChI is InChI=1S/C12H10O2.C6H4Cl3O2P/c13-11-5-1-9(2-6-11)10-3-7-12(14)8-4-10;7-3-1-2-4(10)6(5(3)8)12(9)11/h1-8,13-14H;1-2,10,12H. The van der Waals surface area contributed by atoms with Crippen LogP contribution in [0.3, 0.4) is 0 Å². The summed E-state index contributed by atoms with van der Waals surface area (Å²) in [6.07, 6.45) is 0. The molecule has 0 amide bonds. The maximum Gasteiger partial charge on any atom is 0.191 e. The first-order valence-corrected chi connectivity index (χ1v) is 10.4. The van der Waals surface area contributed by atoms with Gasteiger partial charge in [0, 0.05) is 0 Å². The lowest BCUT2D eigenvalue weighted by Crippen LogP contribution is -1.97. The van der Waals surface area contributed by atoms with Crippen molar-refractivity contribution in [1.82, 2.24) is 0 Å². The minimum Gasteiger partial charge on any atom is -0.508 e. The first kappa shape index (κ1) is 20.5. The molecule has 0 aliphatic carbocycles. The Kier molecular flexibility index (Phi) is 7.24. The van der Waals surface area contributed by atoms with Crippen molar-refractivity contribution in [2.45, 2.75) is 0 Å². The summed E-state index contributed by atoms with van der Waals surface area (Å²) in [4.78, 5) is 0. The summed E-state index contributed by atoms with van der Waals surface area (Å²) in [6.45, 7) is 0. The molecule has 3 rings (SSSR count). The molecule has 0 fully saturated rings. The lowest BCUT2D eigenvalue weighted by molar-refractivity contribution is 0.474. The third-order valence-corrected chi connectivity index (χ3v) is 5.77. The Bertz CT molecular complexity index is 869. The second-order valence-corrected chi connectivity index (χ2v) is 7.99. The van der Waals surface area contributed by atoms with E-state index in [1.165, 1.54) is 12.1 Å². The van der Waals surface area contributed by atoms with Crippen molar-refractivity contribution < 1.29 is 19.9 Å². The van der Waals surface area contributed by atoms with Crippen LogP contribution in [0.4, 0.5) is 0 Å². The van der Waals surface area contributed by atoms with Gasteiger partial charge in [0.15, 0.2) is 7.15 Å². The van der Waals surface area contributed by atoms with E-state index in [0.717, 1.165) is 11.1 Å². The second-order valence-electron chi connectivity index (χ2n) is 5.12. The van der Waals surface area contributed by atoms with Gasteiger partial charge in [0.25, 0.3) is 0 Å². The average Bonchev–Trinajstić information content (AvgIpc) is 2.60. The molecule has 4 nitrogen and oxygen atoms in total. The van der Waals surface area contributed by atoms with Crippen molar-refractivity contribution in [3.63, 3.8) is 0 Å². The van der Waals surface area contributed by atoms with Crippen LogP contribution >= 0.6 is 41.6 Å². The zero-order valence-electron chi connectivity index (χ0n) is 13.2. The van der Waals surface area contributed by atoms with Gasteiger partial charge in [-0.2, -0.15) is 0 Å². The molecule has 0 aliphatic rings. The fourth-order valence-electron chi connectivity index (χ4n) is 2.04. The third kappa shape index (κ3) is 5.33. The second kappa shape index (κ2) is 9.20. The number of phenolic OH excluding ortho intramolecular Hbond substituents is 3. The minimum absolute atomic E-state index is 0.0239. The van der Waals surface area contributed by atoms with Crippen LogP contribution in [0.15, 0.2) is 60.7 Å². The van der Waals surface area contributed by atoms with E-state index < -0.39 is 7.15 Å². The largest absolute Gasteiger partial charge is 0.508 e. The lowest BCUT2D eigenvalue weighted by Gasteiger charge is -2.03. The molecule has 3 N–H and O–H groups in total. The molecule has 136 valence electrons. The molecule has 1 atom stereocenters. The normalized spacial score (nSPS) is 11.3. The van der Waals surface area contributed by atoms with Crippen LogP contribution in [0, 0.1) is 0 Å². The van der Waals surface area contributed by atoms with Gasteiger partial charge in [0.2, 0.25) is 0 Å². The van der Waals surface area contributed by atoms with Gasteiger partial charge in [0.1, 0.15) is 17.2 Å². The number of rotatable bonds is 2. The Hall–Kier alpha value is -1.84. The number of benzene rings is 3. The number of halogens is 3. The first-order chi connectivity index (χ1) is 12.3. The average molecular weight is 432 g/mol. The van der Waals surface area contributed by atoms with Crippen molar-refractivity contribution in [1.29, 1.82) is 0 Å². The predicted octanol–water partition coefficient (Wildman–Crippen LogP) is 5.80. The number of phenols is 3. The van der Waals surface area contributed by atoms with Gasteiger partial charge in [-0.25, -0.2) is 0 Å². The van der Waals surface area contributed by atoms with Gasteiger partial charge < -0.3 is 19.9 Å². The van der Waals surface area contributed by atoms with Crippen molar-refractivity contribution >= 4 is 46.9 Å². The fourth-order valence-corrected chi connectivity index (χ4v) is 4.00. The van der Waals surface area contributed by atoms with E-state index >= 15 is 0 Å². The highest BCUT2D eigenvalue weighted by Gasteiger charge is 2.13. The zero-order valence-corrected chi connectivity index (χ0v) is 16.4. The van der Waals surface area contributed by atoms with E-state index in [9.17, 15) is 9.67 Å². The maximum absolute atomic E-state index is 10.9. The zero-order chi connectivity index (χ0) is 19.3. The summed E-state index contributed by atoms with van der Waals surface area (Å²) < 4.78 is 10.9. The molecule has 26 heavy (non-hydrogen) atoms. The van der Waals surface area contributed by atoms with Gasteiger partial charge in [-0.05, 0) is 47.5 Å². The summed E-state index contributed by atoms with van der Waals surface area (Å²) >= 11 is 16.6. The van der Waals surface area contributed by atoms with E-state index in [4.69, 9.17) is 44.7 Å². The molecule has 0 radical (unpaired) electrons. The smallest absolute Gasteiger partial charge is 0.191 e. The van der Waals surface area contributed by atoms with E-state index in [1.807, 2.05) is 24.3 Å². The molecule has 8 heteroatoms. The molecule has 0 saturated carbocycles.